The van der Waals surface area contributed by atoms with Crippen molar-refractivity contribution in [2.24, 2.45) is 0 Å². The van der Waals surface area contributed by atoms with Crippen molar-refractivity contribution in [3.8, 4) is 0 Å². The van der Waals surface area contributed by atoms with Crippen LogP contribution >= 0.6 is 11.3 Å². The van der Waals surface area contributed by atoms with Gasteiger partial charge in [0.2, 0.25) is 10.0 Å². The normalized spacial score (nSPS) is 11.9. The molecule has 0 radical (unpaired) electrons. The second kappa shape index (κ2) is 6.34. The average molecular weight is 262 g/mol. The molecule has 2 N–H and O–H groups in total. The Morgan fingerprint density at radius 1 is 1.44 bits per heavy atom. The highest BCUT2D eigenvalue weighted by molar-refractivity contribution is 7.89. The van der Waals surface area contributed by atoms with Gasteiger partial charge in [-0.2, -0.15) is 0 Å². The standard InChI is InChI=1S/C10H18N2O2S2/c1-3-4-6-12-16(13,14)10-5-7-15-9(10)8-11-2/h5,7,11-12H,3-4,6,8H2,1-2H3. The summed E-state index contributed by atoms with van der Waals surface area (Å²) >= 11 is 1.46. The van der Waals surface area contributed by atoms with E-state index >= 15 is 0 Å². The largest absolute Gasteiger partial charge is 0.315 e. The summed E-state index contributed by atoms with van der Waals surface area (Å²) in [5.74, 6) is 0. The van der Waals surface area contributed by atoms with E-state index in [1.807, 2.05) is 6.92 Å². The molecule has 1 aromatic rings. The Labute approximate surface area is 101 Å². The van der Waals surface area contributed by atoms with Gasteiger partial charge >= 0.3 is 0 Å². The van der Waals surface area contributed by atoms with Crippen LogP contribution in [0.1, 0.15) is 24.6 Å². The van der Waals surface area contributed by atoms with E-state index in [0.29, 0.717) is 18.0 Å². The maximum absolute atomic E-state index is 11.9. The van der Waals surface area contributed by atoms with Gasteiger partial charge in [0.15, 0.2) is 0 Å². The number of sulfonamides is 1. The molecule has 0 aliphatic rings. The van der Waals surface area contributed by atoms with Crippen molar-refractivity contribution in [2.45, 2.75) is 31.2 Å². The summed E-state index contributed by atoms with van der Waals surface area (Å²) in [6, 6.07) is 1.66. The molecule has 0 fully saturated rings. The predicted octanol–water partition coefficient (Wildman–Crippen LogP) is 1.55. The van der Waals surface area contributed by atoms with Crippen molar-refractivity contribution in [3.63, 3.8) is 0 Å². The van der Waals surface area contributed by atoms with E-state index in [2.05, 4.69) is 10.0 Å². The Balaban J connectivity index is 2.77. The van der Waals surface area contributed by atoms with Crippen LogP contribution in [-0.2, 0) is 16.6 Å². The molecule has 6 heteroatoms. The molecule has 0 saturated carbocycles. The van der Waals surface area contributed by atoms with E-state index in [1.165, 1.54) is 11.3 Å². The molecular formula is C10H18N2O2S2. The first-order valence-electron chi connectivity index (χ1n) is 5.32. The molecule has 0 unspecified atom stereocenters. The molecule has 16 heavy (non-hydrogen) atoms. The summed E-state index contributed by atoms with van der Waals surface area (Å²) < 4.78 is 26.5. The maximum atomic E-state index is 11.9. The Morgan fingerprint density at radius 3 is 2.81 bits per heavy atom. The van der Waals surface area contributed by atoms with Gasteiger partial charge in [-0.1, -0.05) is 13.3 Å². The van der Waals surface area contributed by atoms with Crippen molar-refractivity contribution in [1.82, 2.24) is 10.0 Å². The van der Waals surface area contributed by atoms with Crippen LogP contribution in [-0.4, -0.2) is 22.0 Å². The van der Waals surface area contributed by atoms with Gasteiger partial charge in [0.05, 0.1) is 4.90 Å². The van der Waals surface area contributed by atoms with Gasteiger partial charge in [-0.25, -0.2) is 13.1 Å². The molecule has 0 saturated heterocycles. The fraction of sp³-hybridized carbons (Fsp3) is 0.600. The van der Waals surface area contributed by atoms with Gasteiger partial charge in [-0.3, -0.25) is 0 Å². The molecule has 0 atom stereocenters. The minimum absolute atomic E-state index is 0.406. The van der Waals surface area contributed by atoms with Crippen LogP contribution in [0.4, 0.5) is 0 Å². The fourth-order valence-electron chi connectivity index (χ4n) is 1.32. The highest BCUT2D eigenvalue weighted by Gasteiger charge is 2.18. The molecule has 0 aromatic carbocycles. The van der Waals surface area contributed by atoms with Gasteiger partial charge in [-0.15, -0.1) is 11.3 Å². The lowest BCUT2D eigenvalue weighted by Gasteiger charge is -2.06. The third-order valence-electron chi connectivity index (χ3n) is 2.15. The van der Waals surface area contributed by atoms with E-state index < -0.39 is 10.0 Å². The van der Waals surface area contributed by atoms with Gasteiger partial charge in [-0.05, 0) is 24.9 Å². The lowest BCUT2D eigenvalue weighted by molar-refractivity contribution is 0.577. The highest BCUT2D eigenvalue weighted by Crippen LogP contribution is 2.21. The van der Waals surface area contributed by atoms with Crippen LogP contribution in [0.15, 0.2) is 16.3 Å². The van der Waals surface area contributed by atoms with Crippen LogP contribution in [0.25, 0.3) is 0 Å². The van der Waals surface area contributed by atoms with Crippen molar-refractivity contribution in [1.29, 1.82) is 0 Å². The molecule has 1 heterocycles. The van der Waals surface area contributed by atoms with Crippen LogP contribution < -0.4 is 10.0 Å². The minimum Gasteiger partial charge on any atom is -0.315 e. The molecule has 0 aliphatic heterocycles. The number of unbranched alkanes of at least 4 members (excludes halogenated alkanes) is 1. The van der Waals surface area contributed by atoms with Gasteiger partial charge in [0, 0.05) is 18.0 Å². The Hall–Kier alpha value is -0.430. The van der Waals surface area contributed by atoms with E-state index in [4.69, 9.17) is 0 Å². The fourth-order valence-corrected chi connectivity index (χ4v) is 3.85. The first-order valence-corrected chi connectivity index (χ1v) is 7.68. The quantitative estimate of drug-likeness (QED) is 0.733. The predicted molar refractivity (Wildman–Crippen MR) is 67.2 cm³/mol. The first kappa shape index (κ1) is 13.6. The van der Waals surface area contributed by atoms with Crippen molar-refractivity contribution < 1.29 is 8.42 Å². The SMILES string of the molecule is CCCCNS(=O)(=O)c1ccsc1CNC. The van der Waals surface area contributed by atoms with Crippen LogP contribution in [0.3, 0.4) is 0 Å². The van der Waals surface area contributed by atoms with Crippen LogP contribution in [0, 0.1) is 0 Å². The van der Waals surface area contributed by atoms with Crippen molar-refractivity contribution >= 4 is 21.4 Å². The summed E-state index contributed by atoms with van der Waals surface area (Å²) in [6.07, 6.45) is 1.85. The molecule has 4 nitrogen and oxygen atoms in total. The summed E-state index contributed by atoms with van der Waals surface area (Å²) in [5.41, 5.74) is 0. The molecule has 0 spiro atoms. The summed E-state index contributed by atoms with van der Waals surface area (Å²) in [7, 11) is -1.52. The zero-order valence-electron chi connectivity index (χ0n) is 9.62. The summed E-state index contributed by atoms with van der Waals surface area (Å²) in [5, 5.41) is 4.77. The summed E-state index contributed by atoms with van der Waals surface area (Å²) in [4.78, 5) is 1.26. The molecule has 0 bridgehead atoms. The average Bonchev–Trinajstić information content (AvgIpc) is 2.67. The zero-order valence-corrected chi connectivity index (χ0v) is 11.2. The maximum Gasteiger partial charge on any atom is 0.241 e. The highest BCUT2D eigenvalue weighted by atomic mass is 32.2. The molecular weight excluding hydrogens is 244 g/mol. The molecule has 92 valence electrons. The molecule has 0 amide bonds. The first-order chi connectivity index (χ1) is 7.61. The second-order valence-corrected chi connectivity index (χ2v) is 6.23. The molecule has 1 aromatic heterocycles. The third kappa shape index (κ3) is 3.55. The monoisotopic (exact) mass is 262 g/mol. The lowest BCUT2D eigenvalue weighted by Crippen LogP contribution is -2.25. The van der Waals surface area contributed by atoms with Gasteiger partial charge in [0.25, 0.3) is 0 Å². The molecule has 1 rings (SSSR count). The number of hydrogen-bond acceptors (Lipinski definition) is 4. The Morgan fingerprint density at radius 2 is 2.19 bits per heavy atom. The lowest BCUT2D eigenvalue weighted by atomic mass is 10.3. The third-order valence-corrected chi connectivity index (χ3v) is 4.75. The van der Waals surface area contributed by atoms with Crippen LogP contribution in [0.2, 0.25) is 0 Å². The van der Waals surface area contributed by atoms with E-state index in [0.717, 1.165) is 17.7 Å². The van der Waals surface area contributed by atoms with Crippen molar-refractivity contribution in [3.05, 3.63) is 16.3 Å². The molecule has 0 aliphatic carbocycles. The van der Waals surface area contributed by atoms with E-state index in [-0.39, 0.29) is 0 Å². The van der Waals surface area contributed by atoms with E-state index in [9.17, 15) is 8.42 Å². The van der Waals surface area contributed by atoms with Gasteiger partial charge < -0.3 is 5.32 Å². The van der Waals surface area contributed by atoms with E-state index in [1.54, 1.807) is 18.5 Å². The summed E-state index contributed by atoms with van der Waals surface area (Å²) in [6.45, 7) is 3.13. The number of rotatable bonds is 7. The number of thiophene rings is 1. The smallest absolute Gasteiger partial charge is 0.241 e. The Bertz CT molecular complexity index is 412. The van der Waals surface area contributed by atoms with Crippen LogP contribution in [0.5, 0.6) is 0 Å². The Kier molecular flexibility index (Phi) is 5.40. The minimum atomic E-state index is -3.32. The van der Waals surface area contributed by atoms with Gasteiger partial charge in [0.1, 0.15) is 0 Å². The number of hydrogen-bond donors (Lipinski definition) is 2. The van der Waals surface area contributed by atoms with Crippen molar-refractivity contribution in [2.75, 3.05) is 13.6 Å². The topological polar surface area (TPSA) is 58.2 Å². The second-order valence-electron chi connectivity index (χ2n) is 3.49. The number of nitrogens with one attached hydrogen (secondary N) is 2. The zero-order chi connectivity index (χ0) is 12.0.